The van der Waals surface area contributed by atoms with Gasteiger partial charge in [0.1, 0.15) is 12.3 Å². The maximum absolute atomic E-state index is 7.53. The van der Waals surface area contributed by atoms with E-state index in [9.17, 15) is 0 Å². The smallest absolute Gasteiger partial charge is 0.198 e. The molecule has 10 heavy (non-hydrogen) atoms. The zero-order chi connectivity index (χ0) is 7.40. The van der Waals surface area contributed by atoms with Crippen molar-refractivity contribution in [1.29, 1.82) is 5.16 Å². The second-order valence-corrected chi connectivity index (χ2v) is 4.80. The van der Waals surface area contributed by atoms with E-state index >= 15 is 0 Å². The molecule has 0 radical (unpaired) electrons. The molecule has 0 bridgehead atoms. The molecule has 0 aromatic heterocycles. The SMILES string of the molecule is CCCN1CC[P+](=N)CC1. The van der Waals surface area contributed by atoms with E-state index in [-0.39, 0.29) is 7.71 Å². The van der Waals surface area contributed by atoms with E-state index in [0.717, 1.165) is 12.3 Å². The molecule has 1 saturated heterocycles. The average Bonchev–Trinajstić information content (AvgIpc) is 1.95. The summed E-state index contributed by atoms with van der Waals surface area (Å²) in [5.74, 6) is 0. The Morgan fingerprint density at radius 3 is 2.50 bits per heavy atom. The summed E-state index contributed by atoms with van der Waals surface area (Å²) in [6, 6.07) is 0. The molecular weight excluding hydrogens is 143 g/mol. The van der Waals surface area contributed by atoms with Gasteiger partial charge in [0, 0.05) is 13.1 Å². The number of hydrogen-bond acceptors (Lipinski definition) is 2. The van der Waals surface area contributed by atoms with Gasteiger partial charge in [-0.25, -0.2) is 0 Å². The van der Waals surface area contributed by atoms with Gasteiger partial charge in [0.15, 0.2) is 7.71 Å². The van der Waals surface area contributed by atoms with Crippen LogP contribution in [-0.4, -0.2) is 36.9 Å². The van der Waals surface area contributed by atoms with Gasteiger partial charge in [0.25, 0.3) is 0 Å². The summed E-state index contributed by atoms with van der Waals surface area (Å²) >= 11 is 0. The van der Waals surface area contributed by atoms with Crippen molar-refractivity contribution >= 4 is 7.71 Å². The molecule has 2 nitrogen and oxygen atoms in total. The summed E-state index contributed by atoms with van der Waals surface area (Å²) in [4.78, 5) is 2.48. The monoisotopic (exact) mass is 159 g/mol. The lowest BCUT2D eigenvalue weighted by Crippen LogP contribution is -2.32. The Morgan fingerprint density at radius 2 is 2.00 bits per heavy atom. The predicted octanol–water partition coefficient (Wildman–Crippen LogP) is 1.96. The van der Waals surface area contributed by atoms with Crippen LogP contribution in [0, 0.1) is 5.16 Å². The second kappa shape index (κ2) is 4.05. The molecule has 0 spiro atoms. The van der Waals surface area contributed by atoms with Crippen molar-refractivity contribution in [2.45, 2.75) is 13.3 Å². The van der Waals surface area contributed by atoms with Crippen LogP contribution in [-0.2, 0) is 0 Å². The van der Waals surface area contributed by atoms with Gasteiger partial charge in [-0.3, -0.25) is 4.90 Å². The highest BCUT2D eigenvalue weighted by molar-refractivity contribution is 7.46. The number of nitrogens with zero attached hydrogens (tertiary/aromatic N) is 1. The van der Waals surface area contributed by atoms with Gasteiger partial charge in [-0.05, 0) is 13.0 Å². The lowest BCUT2D eigenvalue weighted by atomic mass is 10.4. The number of hydrogen-bond donors (Lipinski definition) is 1. The number of rotatable bonds is 2. The Hall–Kier alpha value is 0.0600. The normalized spacial score (nSPS) is 21.5. The van der Waals surface area contributed by atoms with Crippen LogP contribution in [0.4, 0.5) is 0 Å². The van der Waals surface area contributed by atoms with Gasteiger partial charge in [0.2, 0.25) is 0 Å². The average molecular weight is 159 g/mol. The molecule has 58 valence electrons. The molecule has 1 aliphatic rings. The van der Waals surface area contributed by atoms with E-state index in [1.807, 2.05) is 0 Å². The minimum Gasteiger partial charge on any atom is -0.295 e. The topological polar surface area (TPSA) is 27.1 Å². The molecule has 1 fully saturated rings. The van der Waals surface area contributed by atoms with E-state index in [0.29, 0.717) is 0 Å². The Bertz CT molecular complexity index is 115. The van der Waals surface area contributed by atoms with Crippen LogP contribution in [0.1, 0.15) is 13.3 Å². The van der Waals surface area contributed by atoms with Crippen LogP contribution in [0.2, 0.25) is 0 Å². The lowest BCUT2D eigenvalue weighted by molar-refractivity contribution is 0.301. The van der Waals surface area contributed by atoms with Crippen LogP contribution in [0.25, 0.3) is 0 Å². The standard InChI is InChI=1S/C7H16N2P/c1-2-3-9-4-6-10(8)7-5-9/h8H,2-7H2,1H3/q+1. The molecule has 0 unspecified atom stereocenters. The first-order valence-electron chi connectivity index (χ1n) is 4.01. The molecule has 1 N–H and O–H groups in total. The molecule has 0 saturated carbocycles. The molecule has 0 aromatic rings. The van der Waals surface area contributed by atoms with Gasteiger partial charge < -0.3 is 0 Å². The third-order valence-electron chi connectivity index (χ3n) is 1.91. The van der Waals surface area contributed by atoms with Crippen molar-refractivity contribution < 1.29 is 0 Å². The molecule has 0 aliphatic carbocycles. The second-order valence-electron chi connectivity index (χ2n) is 2.83. The van der Waals surface area contributed by atoms with Crippen LogP contribution in [0.15, 0.2) is 0 Å². The zero-order valence-electron chi connectivity index (χ0n) is 6.64. The highest BCUT2D eigenvalue weighted by Crippen LogP contribution is 2.24. The van der Waals surface area contributed by atoms with Crippen molar-refractivity contribution in [2.24, 2.45) is 0 Å². The molecular formula is C7H16N2P+. The van der Waals surface area contributed by atoms with E-state index in [4.69, 9.17) is 5.16 Å². The van der Waals surface area contributed by atoms with Gasteiger partial charge >= 0.3 is 0 Å². The molecule has 0 amide bonds. The Labute approximate surface area is 63.9 Å². The molecule has 1 heterocycles. The predicted molar refractivity (Wildman–Crippen MR) is 46.1 cm³/mol. The molecule has 1 aliphatic heterocycles. The molecule has 0 aromatic carbocycles. The van der Waals surface area contributed by atoms with Crippen LogP contribution >= 0.6 is 7.71 Å². The van der Waals surface area contributed by atoms with Crippen molar-refractivity contribution in [3.8, 4) is 0 Å². The van der Waals surface area contributed by atoms with E-state index in [1.54, 1.807) is 0 Å². The lowest BCUT2D eigenvalue weighted by Gasteiger charge is -2.21. The van der Waals surface area contributed by atoms with E-state index in [1.165, 1.54) is 26.1 Å². The minimum atomic E-state index is -0.321. The van der Waals surface area contributed by atoms with Gasteiger partial charge in [-0.1, -0.05) is 6.92 Å². The Balaban J connectivity index is 2.19. The van der Waals surface area contributed by atoms with E-state index < -0.39 is 0 Å². The maximum atomic E-state index is 7.53. The van der Waals surface area contributed by atoms with Crippen molar-refractivity contribution in [1.82, 2.24) is 4.90 Å². The quantitative estimate of drug-likeness (QED) is 0.612. The third-order valence-corrected chi connectivity index (χ3v) is 3.39. The van der Waals surface area contributed by atoms with Crippen LogP contribution in [0.3, 0.4) is 0 Å². The summed E-state index contributed by atoms with van der Waals surface area (Å²) < 4.78 is 0. The summed E-state index contributed by atoms with van der Waals surface area (Å²) in [7, 11) is -0.321. The van der Waals surface area contributed by atoms with Crippen molar-refractivity contribution in [3.05, 3.63) is 0 Å². The summed E-state index contributed by atoms with van der Waals surface area (Å²) in [5, 5.41) is 7.53. The highest BCUT2D eigenvalue weighted by Gasteiger charge is 2.20. The van der Waals surface area contributed by atoms with Crippen LogP contribution < -0.4 is 0 Å². The molecule has 0 atom stereocenters. The molecule has 1 rings (SSSR count). The Kier molecular flexibility index (Phi) is 3.30. The minimum absolute atomic E-state index is 0.321. The first-order chi connectivity index (χ1) is 4.83. The van der Waals surface area contributed by atoms with Gasteiger partial charge in [-0.2, -0.15) is 0 Å². The highest BCUT2D eigenvalue weighted by atomic mass is 31.1. The largest absolute Gasteiger partial charge is 0.295 e. The first kappa shape index (κ1) is 8.16. The van der Waals surface area contributed by atoms with Crippen molar-refractivity contribution in [3.63, 3.8) is 0 Å². The third kappa shape index (κ3) is 2.36. The van der Waals surface area contributed by atoms with Gasteiger partial charge in [0.05, 0.1) is 0 Å². The zero-order valence-corrected chi connectivity index (χ0v) is 7.53. The number of nitrogens with one attached hydrogen (secondary N) is 1. The molecule has 3 heteroatoms. The van der Waals surface area contributed by atoms with Gasteiger partial charge in [-0.15, -0.1) is 5.16 Å². The van der Waals surface area contributed by atoms with E-state index in [2.05, 4.69) is 11.8 Å². The summed E-state index contributed by atoms with van der Waals surface area (Å²) in [6.45, 7) is 5.83. The van der Waals surface area contributed by atoms with Crippen LogP contribution in [0.5, 0.6) is 0 Å². The summed E-state index contributed by atoms with van der Waals surface area (Å²) in [5.41, 5.74) is 0. The fourth-order valence-electron chi connectivity index (χ4n) is 1.29. The Morgan fingerprint density at radius 1 is 1.40 bits per heavy atom. The first-order valence-corrected chi connectivity index (χ1v) is 5.72. The van der Waals surface area contributed by atoms with Crippen molar-refractivity contribution in [2.75, 3.05) is 32.0 Å². The maximum Gasteiger partial charge on any atom is 0.198 e. The fourth-order valence-corrected chi connectivity index (χ4v) is 2.56. The fraction of sp³-hybridized carbons (Fsp3) is 1.00. The summed E-state index contributed by atoms with van der Waals surface area (Å²) in [6.07, 6.45) is 3.56.